The largest absolute Gasteiger partial charge is 0.354 e. The van der Waals surface area contributed by atoms with Gasteiger partial charge >= 0.3 is 0 Å². The summed E-state index contributed by atoms with van der Waals surface area (Å²) in [7, 11) is -1.58. The highest BCUT2D eigenvalue weighted by Crippen LogP contribution is 2.49. The average molecular weight is 758 g/mol. The third-order valence-electron chi connectivity index (χ3n) is 11.8. The molecule has 4 heterocycles. The van der Waals surface area contributed by atoms with Gasteiger partial charge in [0.2, 0.25) is 0 Å². The number of hydrogen-bond donors (Lipinski definition) is 0. The van der Waals surface area contributed by atoms with Crippen LogP contribution in [0.4, 0.5) is 5.69 Å². The molecule has 3 unspecified atom stereocenters. The Hall–Kier alpha value is -6.33. The smallest absolute Gasteiger partial charge is 0.156 e. The first-order chi connectivity index (χ1) is 27.8. The van der Waals surface area contributed by atoms with Gasteiger partial charge in [0.05, 0.1) is 54.8 Å². The van der Waals surface area contributed by atoms with Crippen LogP contribution in [0.1, 0.15) is 35.7 Å². The third-order valence-corrected chi connectivity index (χ3v) is 13.9. The Morgan fingerprint density at radius 3 is 2.19 bits per heavy atom. The highest BCUT2D eigenvalue weighted by Gasteiger charge is 2.42. The number of allylic oxidation sites excluding steroid dienone is 3. The second-order valence-electron chi connectivity index (χ2n) is 16.3. The molecule has 278 valence electrons. The molecule has 3 aliphatic rings. The first-order valence-corrected chi connectivity index (χ1v) is 23.4. The van der Waals surface area contributed by atoms with Gasteiger partial charge in [0.25, 0.3) is 0 Å². The highest BCUT2D eigenvalue weighted by molar-refractivity contribution is 6.83. The Bertz CT molecular complexity index is 2790. The zero-order valence-electron chi connectivity index (χ0n) is 32.4. The highest BCUT2D eigenvalue weighted by atomic mass is 28.3. The molecule has 7 aromatic rings. The van der Waals surface area contributed by atoms with Crippen molar-refractivity contribution in [3.8, 4) is 34.3 Å². The van der Waals surface area contributed by atoms with E-state index in [1.165, 1.54) is 43.9 Å². The first kappa shape index (κ1) is 35.1. The predicted molar refractivity (Wildman–Crippen MR) is 235 cm³/mol. The van der Waals surface area contributed by atoms with E-state index in [0.717, 1.165) is 40.9 Å². The normalized spacial score (nSPS) is 19.1. The molecule has 0 spiro atoms. The topological polar surface area (TPSA) is 67.0 Å². The van der Waals surface area contributed by atoms with Gasteiger partial charge in [-0.15, -0.1) is 0 Å². The van der Waals surface area contributed by atoms with Crippen molar-refractivity contribution >= 4 is 41.1 Å². The summed E-state index contributed by atoms with van der Waals surface area (Å²) in [6.07, 6.45) is 11.0. The van der Waals surface area contributed by atoms with E-state index in [2.05, 4.69) is 138 Å². The van der Waals surface area contributed by atoms with Crippen LogP contribution in [-0.4, -0.2) is 41.5 Å². The van der Waals surface area contributed by atoms with Crippen molar-refractivity contribution in [2.45, 2.75) is 50.7 Å². The number of hydrogen-bond acceptors (Lipinski definition) is 5. The van der Waals surface area contributed by atoms with Crippen molar-refractivity contribution in [2.24, 2.45) is 0 Å². The second-order valence-corrected chi connectivity index (χ2v) is 21.4. The summed E-state index contributed by atoms with van der Waals surface area (Å²) in [6.45, 7) is 7.77. The van der Waals surface area contributed by atoms with E-state index in [1.807, 2.05) is 48.5 Å². The summed E-state index contributed by atoms with van der Waals surface area (Å²) in [4.78, 5) is 12.8. The van der Waals surface area contributed by atoms with Gasteiger partial charge in [-0.25, -0.2) is 9.97 Å². The van der Waals surface area contributed by atoms with E-state index in [0.29, 0.717) is 18.0 Å². The molecule has 5 aromatic carbocycles. The molecule has 2 aromatic heterocycles. The molecule has 0 amide bonds. The molecule has 57 heavy (non-hydrogen) atoms. The van der Waals surface area contributed by atoms with Crippen molar-refractivity contribution < 1.29 is 4.74 Å². The van der Waals surface area contributed by atoms with Crippen LogP contribution in [0.5, 0.6) is 0 Å². The minimum Gasteiger partial charge on any atom is -0.354 e. The fourth-order valence-corrected chi connectivity index (χ4v) is 10.3. The maximum absolute atomic E-state index is 9.64. The van der Waals surface area contributed by atoms with Crippen LogP contribution in [0.3, 0.4) is 0 Å². The van der Waals surface area contributed by atoms with E-state index in [-0.39, 0.29) is 18.2 Å². The van der Waals surface area contributed by atoms with E-state index < -0.39 is 8.07 Å². The monoisotopic (exact) mass is 757 g/mol. The van der Waals surface area contributed by atoms with Gasteiger partial charge in [-0.05, 0) is 72.5 Å². The minimum atomic E-state index is -1.58. The number of para-hydroxylation sites is 2. The maximum Gasteiger partial charge on any atom is 0.156 e. The van der Waals surface area contributed by atoms with Gasteiger partial charge in [0.1, 0.15) is 6.23 Å². The summed E-state index contributed by atoms with van der Waals surface area (Å²) in [5.74, 6) is 0.922. The van der Waals surface area contributed by atoms with Crippen molar-refractivity contribution in [3.05, 3.63) is 174 Å². The summed E-state index contributed by atoms with van der Waals surface area (Å²) in [5.41, 5.74) is 11.5. The quantitative estimate of drug-likeness (QED) is 0.158. The number of rotatable bonds is 6. The zero-order valence-corrected chi connectivity index (χ0v) is 33.4. The van der Waals surface area contributed by atoms with Crippen LogP contribution in [0, 0.1) is 11.3 Å². The van der Waals surface area contributed by atoms with Crippen LogP contribution in [0.15, 0.2) is 157 Å². The summed E-state index contributed by atoms with van der Waals surface area (Å²) < 4.78 is 9.25. The molecule has 0 bridgehead atoms. The summed E-state index contributed by atoms with van der Waals surface area (Å²) in [6, 6.07) is 46.9. The van der Waals surface area contributed by atoms with Gasteiger partial charge in [-0.1, -0.05) is 128 Å². The third kappa shape index (κ3) is 6.22. The molecule has 0 N–H and O–H groups in total. The Morgan fingerprint density at radius 2 is 1.46 bits per heavy atom. The van der Waals surface area contributed by atoms with Crippen LogP contribution in [0.2, 0.25) is 19.6 Å². The Kier molecular flexibility index (Phi) is 8.62. The van der Waals surface area contributed by atoms with Crippen molar-refractivity contribution in [1.29, 1.82) is 5.26 Å². The molecule has 0 saturated carbocycles. The Balaban J connectivity index is 1.02. The molecular weight excluding hydrogens is 715 g/mol. The Morgan fingerprint density at radius 1 is 0.754 bits per heavy atom. The number of benzene rings is 5. The van der Waals surface area contributed by atoms with Gasteiger partial charge < -0.3 is 14.2 Å². The number of aromatic nitrogens is 3. The van der Waals surface area contributed by atoms with Gasteiger partial charge in [-0.3, -0.25) is 0 Å². The van der Waals surface area contributed by atoms with Crippen molar-refractivity contribution in [2.75, 3.05) is 11.5 Å². The summed E-state index contributed by atoms with van der Waals surface area (Å²) in [5, 5.41) is 13.7. The van der Waals surface area contributed by atoms with E-state index >= 15 is 0 Å². The zero-order chi connectivity index (χ0) is 38.7. The van der Waals surface area contributed by atoms with Crippen LogP contribution in [0.25, 0.3) is 55.6 Å². The number of nitrogens with zero attached hydrogens (tertiary/aromatic N) is 5. The van der Waals surface area contributed by atoms with E-state index in [1.54, 1.807) is 0 Å². The van der Waals surface area contributed by atoms with Crippen LogP contribution in [-0.2, 0) is 4.74 Å². The lowest BCUT2D eigenvalue weighted by molar-refractivity contribution is 0.0668. The lowest BCUT2D eigenvalue weighted by atomic mass is 9.91. The van der Waals surface area contributed by atoms with Crippen LogP contribution < -0.4 is 4.90 Å². The second kappa shape index (κ2) is 14.0. The number of nitriles is 1. The van der Waals surface area contributed by atoms with Crippen molar-refractivity contribution in [3.63, 3.8) is 0 Å². The molecule has 1 aliphatic carbocycles. The molecular formula is C50H43N5OSi. The predicted octanol–water partition coefficient (Wildman–Crippen LogP) is 11.6. The van der Waals surface area contributed by atoms with Gasteiger partial charge in [0, 0.05) is 39.2 Å². The van der Waals surface area contributed by atoms with Crippen molar-refractivity contribution in [1.82, 2.24) is 14.5 Å². The van der Waals surface area contributed by atoms with E-state index in [4.69, 9.17) is 14.7 Å². The minimum absolute atomic E-state index is 0.137. The first-order valence-electron chi connectivity index (χ1n) is 19.9. The Labute approximate surface area is 334 Å². The lowest BCUT2D eigenvalue weighted by Gasteiger charge is -2.36. The molecule has 3 atom stereocenters. The molecule has 0 radical (unpaired) electrons. The molecule has 6 nitrogen and oxygen atoms in total. The standard InChI is InChI=1S/C50H43N5OSi/c1-57(2,3)38-22-24-48-42(30-38)41-29-37(54-45-18-9-7-16-39(45)40-17-8-10-19-46(40)54)21-23-47(41)55(48)49-25-20-35(26-27-56-49)50-52-43(34-13-5-4-6-14-34)31-44(53-50)36-15-11-12-33(28-36)32-51/h4-19,21-24,26,28-31,42,48-49H,20,25,27H2,1-3H3. The molecule has 2 aliphatic heterocycles. The van der Waals surface area contributed by atoms with Gasteiger partial charge in [0.15, 0.2) is 5.82 Å². The summed E-state index contributed by atoms with van der Waals surface area (Å²) >= 11 is 0. The number of ether oxygens (including phenoxy) is 1. The molecule has 10 rings (SSSR count). The number of anilines is 1. The van der Waals surface area contributed by atoms with Crippen LogP contribution >= 0.6 is 0 Å². The average Bonchev–Trinajstić information content (AvgIpc) is 3.63. The molecule has 0 fully saturated rings. The number of fused-ring (bicyclic) bond motifs is 6. The lowest BCUT2D eigenvalue weighted by Crippen LogP contribution is -2.43. The van der Waals surface area contributed by atoms with Gasteiger partial charge in [-0.2, -0.15) is 5.26 Å². The fraction of sp³-hybridized carbons (Fsp3) is 0.180. The fourth-order valence-electron chi connectivity index (χ4n) is 8.99. The van der Waals surface area contributed by atoms with E-state index in [9.17, 15) is 5.26 Å². The SMILES string of the molecule is C[Si](C)(C)C1=CC2c3cc(-n4c5ccccc5c5ccccc54)ccc3N(C3CCC(c4nc(-c5ccccc5)cc(-c5cccc(C#N)c5)n4)=CCO3)C2C=C1. The maximum atomic E-state index is 9.64. The molecule has 7 heteroatoms. The molecule has 0 saturated heterocycles.